The van der Waals surface area contributed by atoms with Crippen LogP contribution < -0.4 is 5.73 Å². The standard InChI is InChI=1S/C12H16ClFN2/c13-10-4-3-9(12(14)6-10)7-16-5-1-2-11(15)8-16/h3-4,6,11H,1-2,5,7-8,15H2/t11-/m1/s1. The zero-order chi connectivity index (χ0) is 11.5. The Kier molecular flexibility index (Phi) is 3.79. The average molecular weight is 243 g/mol. The summed E-state index contributed by atoms with van der Waals surface area (Å²) in [6.07, 6.45) is 2.16. The van der Waals surface area contributed by atoms with E-state index in [-0.39, 0.29) is 11.9 Å². The van der Waals surface area contributed by atoms with E-state index < -0.39 is 0 Å². The molecule has 1 heterocycles. The van der Waals surface area contributed by atoms with Gasteiger partial charge in [-0.1, -0.05) is 17.7 Å². The van der Waals surface area contributed by atoms with Crippen LogP contribution in [0, 0.1) is 5.82 Å². The highest BCUT2D eigenvalue weighted by molar-refractivity contribution is 6.30. The number of hydrogen-bond acceptors (Lipinski definition) is 2. The third-order valence-corrected chi connectivity index (χ3v) is 3.19. The second-order valence-electron chi connectivity index (χ2n) is 4.37. The summed E-state index contributed by atoms with van der Waals surface area (Å²) in [5.41, 5.74) is 6.58. The van der Waals surface area contributed by atoms with Gasteiger partial charge in [0.15, 0.2) is 0 Å². The quantitative estimate of drug-likeness (QED) is 0.863. The number of hydrogen-bond donors (Lipinski definition) is 1. The molecule has 1 saturated heterocycles. The Morgan fingerprint density at radius 2 is 2.31 bits per heavy atom. The molecule has 0 spiro atoms. The molecule has 2 nitrogen and oxygen atoms in total. The highest BCUT2D eigenvalue weighted by Gasteiger charge is 2.17. The number of benzene rings is 1. The summed E-state index contributed by atoms with van der Waals surface area (Å²) in [6, 6.07) is 5.06. The van der Waals surface area contributed by atoms with E-state index in [1.54, 1.807) is 12.1 Å². The van der Waals surface area contributed by atoms with Gasteiger partial charge >= 0.3 is 0 Å². The molecule has 4 heteroatoms. The van der Waals surface area contributed by atoms with Crippen molar-refractivity contribution in [3.63, 3.8) is 0 Å². The minimum Gasteiger partial charge on any atom is -0.327 e. The first-order valence-corrected chi connectivity index (χ1v) is 5.95. The number of halogens is 2. The minimum absolute atomic E-state index is 0.226. The Labute approximate surface area is 100 Å². The van der Waals surface area contributed by atoms with Crippen LogP contribution in [0.15, 0.2) is 18.2 Å². The van der Waals surface area contributed by atoms with Crippen LogP contribution in [-0.2, 0) is 6.54 Å². The predicted molar refractivity (Wildman–Crippen MR) is 63.9 cm³/mol. The van der Waals surface area contributed by atoms with Gasteiger partial charge in [0.05, 0.1) is 0 Å². The van der Waals surface area contributed by atoms with E-state index in [4.69, 9.17) is 17.3 Å². The van der Waals surface area contributed by atoms with E-state index in [1.807, 2.05) is 0 Å². The summed E-state index contributed by atoms with van der Waals surface area (Å²) >= 11 is 5.71. The lowest BCUT2D eigenvalue weighted by atomic mass is 10.1. The van der Waals surface area contributed by atoms with Gasteiger partial charge in [-0.25, -0.2) is 4.39 Å². The fourth-order valence-corrected chi connectivity index (χ4v) is 2.28. The molecule has 16 heavy (non-hydrogen) atoms. The molecule has 2 N–H and O–H groups in total. The summed E-state index contributed by atoms with van der Waals surface area (Å²) < 4.78 is 13.6. The van der Waals surface area contributed by atoms with Crippen molar-refractivity contribution < 1.29 is 4.39 Å². The van der Waals surface area contributed by atoms with Gasteiger partial charge in [-0.2, -0.15) is 0 Å². The molecule has 1 atom stereocenters. The Morgan fingerprint density at radius 1 is 1.50 bits per heavy atom. The van der Waals surface area contributed by atoms with Crippen LogP contribution in [0.3, 0.4) is 0 Å². The number of piperidine rings is 1. The third-order valence-electron chi connectivity index (χ3n) is 2.95. The smallest absolute Gasteiger partial charge is 0.129 e. The lowest BCUT2D eigenvalue weighted by molar-refractivity contribution is 0.199. The molecule has 0 saturated carbocycles. The largest absolute Gasteiger partial charge is 0.327 e. The normalized spacial score (nSPS) is 22.3. The topological polar surface area (TPSA) is 29.3 Å². The maximum absolute atomic E-state index is 13.6. The molecule has 0 radical (unpaired) electrons. The highest BCUT2D eigenvalue weighted by Crippen LogP contribution is 2.18. The van der Waals surface area contributed by atoms with Crippen molar-refractivity contribution in [3.05, 3.63) is 34.6 Å². The number of rotatable bonds is 2. The fraction of sp³-hybridized carbons (Fsp3) is 0.500. The SMILES string of the molecule is N[C@@H]1CCCN(Cc2ccc(Cl)cc2F)C1. The van der Waals surface area contributed by atoms with E-state index in [0.717, 1.165) is 25.9 Å². The van der Waals surface area contributed by atoms with E-state index in [1.165, 1.54) is 6.07 Å². The van der Waals surface area contributed by atoms with Crippen LogP contribution in [0.2, 0.25) is 5.02 Å². The molecule has 0 amide bonds. The van der Waals surface area contributed by atoms with Crippen LogP contribution in [-0.4, -0.2) is 24.0 Å². The first-order chi connectivity index (χ1) is 7.65. The number of nitrogens with two attached hydrogens (primary N) is 1. The van der Waals surface area contributed by atoms with Gasteiger partial charge in [-0.3, -0.25) is 4.90 Å². The second-order valence-corrected chi connectivity index (χ2v) is 4.81. The average Bonchev–Trinajstić information content (AvgIpc) is 2.22. The van der Waals surface area contributed by atoms with Crippen molar-refractivity contribution in [2.45, 2.75) is 25.4 Å². The molecular weight excluding hydrogens is 227 g/mol. The summed E-state index contributed by atoms with van der Waals surface area (Å²) in [5, 5.41) is 0.441. The van der Waals surface area contributed by atoms with Crippen molar-refractivity contribution in [1.29, 1.82) is 0 Å². The molecular formula is C12H16ClFN2. The molecule has 1 aliphatic rings. The molecule has 2 rings (SSSR count). The maximum Gasteiger partial charge on any atom is 0.129 e. The van der Waals surface area contributed by atoms with Crippen molar-refractivity contribution in [2.24, 2.45) is 5.73 Å². The molecule has 1 aliphatic heterocycles. The lowest BCUT2D eigenvalue weighted by Crippen LogP contribution is -2.42. The molecule has 0 unspecified atom stereocenters. The van der Waals surface area contributed by atoms with Crippen molar-refractivity contribution in [2.75, 3.05) is 13.1 Å². The van der Waals surface area contributed by atoms with E-state index >= 15 is 0 Å². The summed E-state index contributed by atoms with van der Waals surface area (Å²) in [5.74, 6) is -0.230. The Morgan fingerprint density at radius 3 is 3.00 bits per heavy atom. The van der Waals surface area contributed by atoms with Gasteiger partial charge < -0.3 is 5.73 Å². The van der Waals surface area contributed by atoms with Crippen LogP contribution in [0.1, 0.15) is 18.4 Å². The van der Waals surface area contributed by atoms with E-state index in [2.05, 4.69) is 4.90 Å². The monoisotopic (exact) mass is 242 g/mol. The number of likely N-dealkylation sites (tertiary alicyclic amines) is 1. The number of nitrogens with zero attached hydrogens (tertiary/aromatic N) is 1. The first-order valence-electron chi connectivity index (χ1n) is 5.57. The Bertz CT molecular complexity index is 370. The second kappa shape index (κ2) is 5.13. The van der Waals surface area contributed by atoms with Crippen LogP contribution in [0.4, 0.5) is 4.39 Å². The third kappa shape index (κ3) is 2.94. The molecule has 1 fully saturated rings. The summed E-state index contributed by atoms with van der Waals surface area (Å²) in [6.45, 7) is 2.47. The molecule has 0 aliphatic carbocycles. The zero-order valence-corrected chi connectivity index (χ0v) is 9.88. The molecule has 88 valence electrons. The Hall–Kier alpha value is -0.640. The van der Waals surface area contributed by atoms with Gasteiger partial charge in [0.2, 0.25) is 0 Å². The summed E-state index contributed by atoms with van der Waals surface area (Å²) in [7, 11) is 0. The van der Waals surface area contributed by atoms with Crippen LogP contribution in [0.5, 0.6) is 0 Å². The van der Waals surface area contributed by atoms with Crippen molar-refractivity contribution >= 4 is 11.6 Å². The van der Waals surface area contributed by atoms with Gasteiger partial charge in [-0.05, 0) is 31.5 Å². The predicted octanol–water partition coefficient (Wildman–Crippen LogP) is 2.40. The van der Waals surface area contributed by atoms with Gasteiger partial charge in [0, 0.05) is 29.7 Å². The maximum atomic E-state index is 13.6. The van der Waals surface area contributed by atoms with Crippen molar-refractivity contribution in [1.82, 2.24) is 4.90 Å². The van der Waals surface area contributed by atoms with E-state index in [9.17, 15) is 4.39 Å². The molecule has 1 aromatic carbocycles. The fourth-order valence-electron chi connectivity index (χ4n) is 2.13. The lowest BCUT2D eigenvalue weighted by Gasteiger charge is -2.30. The van der Waals surface area contributed by atoms with E-state index in [0.29, 0.717) is 17.1 Å². The molecule has 1 aromatic rings. The minimum atomic E-state index is -0.230. The molecule has 0 aromatic heterocycles. The van der Waals surface area contributed by atoms with Crippen LogP contribution in [0.25, 0.3) is 0 Å². The van der Waals surface area contributed by atoms with Crippen molar-refractivity contribution in [3.8, 4) is 0 Å². The molecule has 0 bridgehead atoms. The highest BCUT2D eigenvalue weighted by atomic mass is 35.5. The van der Waals surface area contributed by atoms with Gasteiger partial charge in [-0.15, -0.1) is 0 Å². The van der Waals surface area contributed by atoms with Gasteiger partial charge in [0.1, 0.15) is 5.82 Å². The summed E-state index contributed by atoms with van der Waals surface area (Å²) in [4.78, 5) is 2.19. The van der Waals surface area contributed by atoms with Crippen LogP contribution >= 0.6 is 11.6 Å². The van der Waals surface area contributed by atoms with Gasteiger partial charge in [0.25, 0.3) is 0 Å². The zero-order valence-electron chi connectivity index (χ0n) is 9.13. The Balaban J connectivity index is 2.02. The first kappa shape index (κ1) is 11.8.